The van der Waals surface area contributed by atoms with Gasteiger partial charge in [0.2, 0.25) is 6.04 Å². The second-order valence-corrected chi connectivity index (χ2v) is 4.27. The van der Waals surface area contributed by atoms with E-state index < -0.39 is 6.04 Å². The number of carbonyl (C=O) groups excluding carboxylic acids is 1. The second-order valence-electron chi connectivity index (χ2n) is 4.27. The molecule has 2 unspecified atom stereocenters. The third-order valence-corrected chi connectivity index (χ3v) is 2.96. The van der Waals surface area contributed by atoms with E-state index in [2.05, 4.69) is 9.72 Å². The monoisotopic (exact) mass is 297 g/mol. The molecular formula is C14H23N3O4. The number of nitro groups is 1. The molecule has 2 atom stereocenters. The molecule has 1 aromatic rings. The van der Waals surface area contributed by atoms with Gasteiger partial charge >= 0.3 is 5.97 Å². The van der Waals surface area contributed by atoms with Gasteiger partial charge in [0.1, 0.15) is 6.04 Å². The Morgan fingerprint density at radius 2 is 2.14 bits per heavy atom. The highest BCUT2D eigenvalue weighted by Crippen LogP contribution is 2.20. The van der Waals surface area contributed by atoms with E-state index >= 15 is 0 Å². The van der Waals surface area contributed by atoms with Crippen molar-refractivity contribution < 1.29 is 14.5 Å². The van der Waals surface area contributed by atoms with Crippen molar-refractivity contribution in [1.82, 2.24) is 9.55 Å². The van der Waals surface area contributed by atoms with E-state index in [1.807, 2.05) is 18.4 Å². The number of ether oxygens (including phenoxy) is 1. The van der Waals surface area contributed by atoms with Crippen molar-refractivity contribution in [3.63, 3.8) is 0 Å². The summed E-state index contributed by atoms with van der Waals surface area (Å²) in [5.41, 5.74) is 0. The molecule has 0 aliphatic heterocycles. The van der Waals surface area contributed by atoms with Crippen LogP contribution in [0.25, 0.3) is 0 Å². The van der Waals surface area contributed by atoms with Crippen LogP contribution in [0, 0.1) is 10.1 Å². The van der Waals surface area contributed by atoms with Crippen LogP contribution in [0.1, 0.15) is 39.7 Å². The summed E-state index contributed by atoms with van der Waals surface area (Å²) in [5.74, 6) is -0.303. The van der Waals surface area contributed by atoms with E-state index in [0.29, 0.717) is 6.42 Å². The van der Waals surface area contributed by atoms with E-state index in [9.17, 15) is 14.9 Å². The summed E-state index contributed by atoms with van der Waals surface area (Å²) in [6, 6.07) is -0.605. The first-order chi connectivity index (χ1) is 10.0. The highest BCUT2D eigenvalue weighted by atomic mass is 16.6. The maximum Gasteiger partial charge on any atom is 0.330 e. The molecule has 21 heavy (non-hydrogen) atoms. The zero-order valence-corrected chi connectivity index (χ0v) is 12.9. The minimum absolute atomic E-state index is 0.0856. The van der Waals surface area contributed by atoms with Crippen molar-refractivity contribution in [3.05, 3.63) is 41.0 Å². The molecular weight excluding hydrogens is 274 g/mol. The van der Waals surface area contributed by atoms with Gasteiger partial charge in [-0.3, -0.25) is 10.1 Å². The molecule has 118 valence electrons. The summed E-state index contributed by atoms with van der Waals surface area (Å²) in [6.07, 6.45) is 9.35. The maximum absolute atomic E-state index is 10.8. The number of hydrogen-bond donors (Lipinski definition) is 0. The zero-order valence-electron chi connectivity index (χ0n) is 12.9. The van der Waals surface area contributed by atoms with Gasteiger partial charge in [-0.05, 0) is 13.3 Å². The fourth-order valence-corrected chi connectivity index (χ4v) is 1.91. The summed E-state index contributed by atoms with van der Waals surface area (Å²) in [5, 5.41) is 10.8. The number of rotatable bonds is 6. The normalized spacial score (nSPS) is 13.1. The molecule has 0 amide bonds. The van der Waals surface area contributed by atoms with Crippen LogP contribution in [0.3, 0.4) is 0 Å². The van der Waals surface area contributed by atoms with Crippen molar-refractivity contribution in [2.45, 2.75) is 45.7 Å². The minimum atomic E-state index is -0.519. The molecule has 0 saturated heterocycles. The van der Waals surface area contributed by atoms with Crippen molar-refractivity contribution in [2.75, 3.05) is 7.11 Å². The Labute approximate surface area is 124 Å². The lowest BCUT2D eigenvalue weighted by Crippen LogP contribution is -2.29. The SMILES string of the molecule is CC=CC(=O)OC.CCC(C(CC)[N+](=O)[O-])n1ccnc1. The zero-order chi connectivity index (χ0) is 16.3. The number of methoxy groups -OCH3 is 1. The van der Waals surface area contributed by atoms with E-state index in [-0.39, 0.29) is 16.9 Å². The Kier molecular flexibility index (Phi) is 9.49. The fourth-order valence-electron chi connectivity index (χ4n) is 1.91. The Balaban J connectivity index is 0.000000486. The van der Waals surface area contributed by atoms with E-state index in [1.54, 1.807) is 31.7 Å². The predicted molar refractivity (Wildman–Crippen MR) is 79.5 cm³/mol. The fraction of sp³-hybridized carbons (Fsp3) is 0.571. The third-order valence-electron chi connectivity index (χ3n) is 2.96. The number of nitrogens with zero attached hydrogens (tertiary/aromatic N) is 3. The Morgan fingerprint density at radius 1 is 1.48 bits per heavy atom. The van der Waals surface area contributed by atoms with Crippen LogP contribution in [0.5, 0.6) is 0 Å². The third kappa shape index (κ3) is 6.69. The van der Waals surface area contributed by atoms with Gasteiger partial charge in [-0.15, -0.1) is 0 Å². The lowest BCUT2D eigenvalue weighted by Gasteiger charge is -2.19. The molecule has 0 bridgehead atoms. The average molecular weight is 297 g/mol. The summed E-state index contributed by atoms with van der Waals surface area (Å²) in [6.45, 7) is 5.56. The average Bonchev–Trinajstić information content (AvgIpc) is 2.98. The van der Waals surface area contributed by atoms with Crippen molar-refractivity contribution in [1.29, 1.82) is 0 Å². The van der Waals surface area contributed by atoms with Gasteiger partial charge in [0.25, 0.3) is 0 Å². The van der Waals surface area contributed by atoms with Gasteiger partial charge in [-0.2, -0.15) is 0 Å². The smallest absolute Gasteiger partial charge is 0.330 e. The van der Waals surface area contributed by atoms with Crippen LogP contribution in [-0.4, -0.2) is 33.6 Å². The van der Waals surface area contributed by atoms with Crippen molar-refractivity contribution >= 4 is 5.97 Å². The largest absolute Gasteiger partial charge is 0.466 e. The Hall–Kier alpha value is -2.18. The standard InChI is InChI=1S/C9H15N3O2.C5H8O2/c1-3-8(9(4-2)12(13)14)11-6-5-10-7-11;1-3-4-5(6)7-2/h5-9H,3-4H2,1-2H3;3-4H,1-2H3. The highest BCUT2D eigenvalue weighted by Gasteiger charge is 2.29. The molecule has 0 aliphatic carbocycles. The number of esters is 1. The summed E-state index contributed by atoms with van der Waals surface area (Å²) < 4.78 is 6.08. The first kappa shape index (κ1) is 18.8. The molecule has 0 radical (unpaired) electrons. The Bertz CT molecular complexity index is 443. The van der Waals surface area contributed by atoms with Crippen molar-refractivity contribution in [3.8, 4) is 0 Å². The van der Waals surface area contributed by atoms with E-state index in [4.69, 9.17) is 0 Å². The lowest BCUT2D eigenvalue weighted by atomic mass is 10.0. The van der Waals surface area contributed by atoms with Gasteiger partial charge < -0.3 is 9.30 Å². The molecule has 0 spiro atoms. The summed E-state index contributed by atoms with van der Waals surface area (Å²) >= 11 is 0. The predicted octanol–water partition coefficient (Wildman–Crippen LogP) is 2.63. The summed E-state index contributed by atoms with van der Waals surface area (Å²) in [4.78, 5) is 24.6. The van der Waals surface area contributed by atoms with Crippen LogP contribution in [0.15, 0.2) is 30.9 Å². The molecule has 1 aromatic heterocycles. The van der Waals surface area contributed by atoms with Crippen LogP contribution in [0.4, 0.5) is 0 Å². The Morgan fingerprint density at radius 3 is 2.43 bits per heavy atom. The summed E-state index contributed by atoms with van der Waals surface area (Å²) in [7, 11) is 1.35. The number of carbonyl (C=O) groups is 1. The molecule has 7 heteroatoms. The van der Waals surface area contributed by atoms with Gasteiger partial charge in [0.05, 0.1) is 13.4 Å². The van der Waals surface area contributed by atoms with Gasteiger partial charge in [-0.1, -0.05) is 19.9 Å². The van der Waals surface area contributed by atoms with Crippen LogP contribution >= 0.6 is 0 Å². The molecule has 1 rings (SSSR count). The number of imidazole rings is 1. The van der Waals surface area contributed by atoms with Gasteiger partial charge in [-0.25, -0.2) is 9.78 Å². The van der Waals surface area contributed by atoms with Crippen LogP contribution in [-0.2, 0) is 9.53 Å². The van der Waals surface area contributed by atoms with Crippen LogP contribution < -0.4 is 0 Å². The maximum atomic E-state index is 10.8. The van der Waals surface area contributed by atoms with E-state index in [0.717, 1.165) is 6.42 Å². The second kappa shape index (κ2) is 10.6. The first-order valence-corrected chi connectivity index (χ1v) is 6.83. The lowest BCUT2D eigenvalue weighted by molar-refractivity contribution is -0.530. The molecule has 0 aliphatic rings. The topological polar surface area (TPSA) is 87.3 Å². The molecule has 1 heterocycles. The van der Waals surface area contributed by atoms with Crippen LogP contribution in [0.2, 0.25) is 0 Å². The molecule has 0 N–H and O–H groups in total. The molecule has 7 nitrogen and oxygen atoms in total. The number of aromatic nitrogens is 2. The van der Waals surface area contributed by atoms with E-state index in [1.165, 1.54) is 13.2 Å². The molecule has 0 aromatic carbocycles. The molecule has 0 fully saturated rings. The number of allylic oxidation sites excluding steroid dienone is 1. The molecule has 0 saturated carbocycles. The van der Waals surface area contributed by atoms with Gasteiger partial charge in [0.15, 0.2) is 0 Å². The van der Waals surface area contributed by atoms with Gasteiger partial charge in [0, 0.05) is 29.8 Å². The van der Waals surface area contributed by atoms with Crippen molar-refractivity contribution in [2.24, 2.45) is 0 Å². The minimum Gasteiger partial charge on any atom is -0.466 e. The highest BCUT2D eigenvalue weighted by molar-refractivity contribution is 5.81. The quantitative estimate of drug-likeness (QED) is 0.348. The first-order valence-electron chi connectivity index (χ1n) is 6.83. The number of hydrogen-bond acceptors (Lipinski definition) is 5.